The van der Waals surface area contributed by atoms with E-state index in [1.165, 1.54) is 0 Å². The number of nitrogens with zero attached hydrogens (tertiary/aromatic N) is 1. The highest BCUT2D eigenvalue weighted by molar-refractivity contribution is 8.00. The lowest BCUT2D eigenvalue weighted by Gasteiger charge is -2.27. The lowest BCUT2D eigenvalue weighted by molar-refractivity contribution is 0.0219. The largest absolute Gasteiger partial charge is 0.444 e. The average Bonchev–Trinajstić information content (AvgIpc) is 2.47. The zero-order chi connectivity index (χ0) is 10.8. The number of carbonyl (C=O) groups is 1. The van der Waals surface area contributed by atoms with Crippen LogP contribution in [-0.4, -0.2) is 46.0 Å². The van der Waals surface area contributed by atoms with Gasteiger partial charge in [-0.25, -0.2) is 4.79 Å². The fraction of sp³-hybridized carbons (Fsp3) is 0.889. The van der Waals surface area contributed by atoms with Crippen LogP contribution in [0.5, 0.6) is 0 Å². The van der Waals surface area contributed by atoms with Crippen molar-refractivity contribution in [1.82, 2.24) is 4.90 Å². The van der Waals surface area contributed by atoms with Crippen LogP contribution >= 0.6 is 11.8 Å². The molecular formula is C9H17NO3S. The standard InChI is InChI=1S/C9H17NO3S/c1-9(2,3)13-8(12)10-4-5-14-7(10)6-11/h7,11H,4-6H2,1-3H3. The molecule has 1 aliphatic rings. The molecular weight excluding hydrogens is 202 g/mol. The summed E-state index contributed by atoms with van der Waals surface area (Å²) in [5.74, 6) is 0.866. The van der Waals surface area contributed by atoms with Crippen molar-refractivity contribution in [2.45, 2.75) is 31.7 Å². The minimum atomic E-state index is -0.468. The van der Waals surface area contributed by atoms with E-state index in [0.29, 0.717) is 6.54 Å². The predicted octanol–water partition coefficient (Wildman–Crippen LogP) is 1.29. The Morgan fingerprint density at radius 3 is 2.79 bits per heavy atom. The molecule has 1 aliphatic heterocycles. The van der Waals surface area contributed by atoms with Gasteiger partial charge in [-0.1, -0.05) is 0 Å². The molecule has 0 bridgehead atoms. The Kier molecular flexibility index (Phi) is 3.66. The molecule has 0 radical (unpaired) electrons. The Balaban J connectivity index is 2.52. The quantitative estimate of drug-likeness (QED) is 0.722. The minimum Gasteiger partial charge on any atom is -0.444 e. The number of aliphatic hydroxyl groups excluding tert-OH is 1. The average molecular weight is 219 g/mol. The Labute approximate surface area is 88.6 Å². The fourth-order valence-electron chi connectivity index (χ4n) is 1.20. The summed E-state index contributed by atoms with van der Waals surface area (Å²) in [5, 5.41) is 8.88. The second kappa shape index (κ2) is 4.40. The molecule has 0 aromatic carbocycles. The second-order valence-corrected chi connectivity index (χ2v) is 5.47. The van der Waals surface area contributed by atoms with Gasteiger partial charge in [0.2, 0.25) is 0 Å². The first-order chi connectivity index (χ1) is 6.44. The number of amides is 1. The van der Waals surface area contributed by atoms with E-state index in [9.17, 15) is 4.79 Å². The van der Waals surface area contributed by atoms with Crippen molar-refractivity contribution in [2.24, 2.45) is 0 Å². The summed E-state index contributed by atoms with van der Waals surface area (Å²) in [6, 6.07) is 0. The summed E-state index contributed by atoms with van der Waals surface area (Å²) in [7, 11) is 0. The van der Waals surface area contributed by atoms with Crippen LogP contribution in [0.15, 0.2) is 0 Å². The smallest absolute Gasteiger partial charge is 0.411 e. The van der Waals surface area contributed by atoms with E-state index in [4.69, 9.17) is 9.84 Å². The van der Waals surface area contributed by atoms with Gasteiger partial charge in [0.15, 0.2) is 0 Å². The maximum Gasteiger partial charge on any atom is 0.411 e. The first-order valence-electron chi connectivity index (χ1n) is 4.66. The molecule has 1 heterocycles. The van der Waals surface area contributed by atoms with Crippen molar-refractivity contribution in [3.05, 3.63) is 0 Å². The molecule has 0 aliphatic carbocycles. The molecule has 1 saturated heterocycles. The predicted molar refractivity (Wildman–Crippen MR) is 56.3 cm³/mol. The van der Waals surface area contributed by atoms with Gasteiger partial charge in [0.1, 0.15) is 11.0 Å². The number of hydrogen-bond acceptors (Lipinski definition) is 4. The van der Waals surface area contributed by atoms with Gasteiger partial charge in [-0.05, 0) is 20.8 Å². The number of thioether (sulfide) groups is 1. The van der Waals surface area contributed by atoms with Crippen LogP contribution in [0, 0.1) is 0 Å². The van der Waals surface area contributed by atoms with Crippen LogP contribution in [0.4, 0.5) is 4.79 Å². The van der Waals surface area contributed by atoms with Gasteiger partial charge < -0.3 is 9.84 Å². The van der Waals surface area contributed by atoms with E-state index in [2.05, 4.69) is 0 Å². The van der Waals surface area contributed by atoms with Crippen molar-refractivity contribution in [1.29, 1.82) is 0 Å². The molecule has 1 fully saturated rings. The zero-order valence-corrected chi connectivity index (χ0v) is 9.63. The van der Waals surface area contributed by atoms with E-state index in [1.807, 2.05) is 20.8 Å². The van der Waals surface area contributed by atoms with E-state index >= 15 is 0 Å². The highest BCUT2D eigenvalue weighted by Crippen LogP contribution is 2.24. The maximum atomic E-state index is 11.6. The van der Waals surface area contributed by atoms with Crippen LogP contribution in [-0.2, 0) is 4.74 Å². The summed E-state index contributed by atoms with van der Waals surface area (Å²) < 4.78 is 5.22. The molecule has 0 aromatic heterocycles. The van der Waals surface area contributed by atoms with E-state index in [-0.39, 0.29) is 18.1 Å². The highest BCUT2D eigenvalue weighted by Gasteiger charge is 2.31. The lowest BCUT2D eigenvalue weighted by Crippen LogP contribution is -2.40. The topological polar surface area (TPSA) is 49.8 Å². The van der Waals surface area contributed by atoms with Crippen molar-refractivity contribution >= 4 is 17.9 Å². The highest BCUT2D eigenvalue weighted by atomic mass is 32.2. The van der Waals surface area contributed by atoms with Crippen LogP contribution in [0.2, 0.25) is 0 Å². The van der Waals surface area contributed by atoms with E-state index in [1.54, 1.807) is 16.7 Å². The van der Waals surface area contributed by atoms with Crippen molar-refractivity contribution < 1.29 is 14.6 Å². The Hall–Kier alpha value is -0.420. The molecule has 5 heteroatoms. The molecule has 1 N–H and O–H groups in total. The SMILES string of the molecule is CC(C)(C)OC(=O)N1CCSC1CO. The third-order valence-corrected chi connectivity index (χ3v) is 2.98. The van der Waals surface area contributed by atoms with Gasteiger partial charge in [0, 0.05) is 12.3 Å². The molecule has 0 aromatic rings. The van der Waals surface area contributed by atoms with Gasteiger partial charge in [0.25, 0.3) is 0 Å². The van der Waals surface area contributed by atoms with Crippen LogP contribution < -0.4 is 0 Å². The van der Waals surface area contributed by atoms with Gasteiger partial charge in [-0.2, -0.15) is 0 Å². The molecule has 1 amide bonds. The summed E-state index contributed by atoms with van der Waals surface area (Å²) >= 11 is 1.58. The monoisotopic (exact) mass is 219 g/mol. The normalized spacial score (nSPS) is 22.6. The molecule has 1 rings (SSSR count). The fourth-order valence-corrected chi connectivity index (χ4v) is 2.25. The third-order valence-electron chi connectivity index (χ3n) is 1.77. The Bertz CT molecular complexity index is 215. The van der Waals surface area contributed by atoms with Crippen molar-refractivity contribution in [3.8, 4) is 0 Å². The lowest BCUT2D eigenvalue weighted by atomic mass is 10.2. The van der Waals surface area contributed by atoms with Crippen LogP contribution in [0.25, 0.3) is 0 Å². The molecule has 1 unspecified atom stereocenters. The van der Waals surface area contributed by atoms with Gasteiger partial charge in [-0.15, -0.1) is 11.8 Å². The second-order valence-electron chi connectivity index (χ2n) is 4.18. The van der Waals surface area contributed by atoms with Gasteiger partial charge in [0.05, 0.1) is 6.61 Å². The van der Waals surface area contributed by atoms with E-state index in [0.717, 1.165) is 5.75 Å². The maximum absolute atomic E-state index is 11.6. The van der Waals surface area contributed by atoms with Crippen LogP contribution in [0.3, 0.4) is 0 Å². The van der Waals surface area contributed by atoms with Gasteiger partial charge >= 0.3 is 6.09 Å². The summed E-state index contributed by atoms with van der Waals surface area (Å²) in [5.41, 5.74) is -0.468. The molecule has 82 valence electrons. The number of ether oxygens (including phenoxy) is 1. The minimum absolute atomic E-state index is 0.0100. The first-order valence-corrected chi connectivity index (χ1v) is 5.71. The zero-order valence-electron chi connectivity index (χ0n) is 8.82. The van der Waals surface area contributed by atoms with E-state index < -0.39 is 5.60 Å². The summed E-state index contributed by atoms with van der Waals surface area (Å²) in [6.45, 7) is 6.15. The Morgan fingerprint density at radius 2 is 2.29 bits per heavy atom. The van der Waals surface area contributed by atoms with Crippen LogP contribution in [0.1, 0.15) is 20.8 Å². The number of aliphatic hydroxyl groups is 1. The number of hydrogen-bond donors (Lipinski definition) is 1. The number of carbonyl (C=O) groups excluding carboxylic acids is 1. The first kappa shape index (κ1) is 11.7. The van der Waals surface area contributed by atoms with Gasteiger partial charge in [-0.3, -0.25) is 4.90 Å². The molecule has 4 nitrogen and oxygen atoms in total. The molecule has 1 atom stereocenters. The molecule has 0 saturated carbocycles. The number of rotatable bonds is 1. The third kappa shape index (κ3) is 3.06. The molecule has 14 heavy (non-hydrogen) atoms. The summed E-state index contributed by atoms with van der Waals surface area (Å²) in [4.78, 5) is 13.2. The summed E-state index contributed by atoms with van der Waals surface area (Å²) in [6.07, 6.45) is -0.332. The van der Waals surface area contributed by atoms with Crippen molar-refractivity contribution in [2.75, 3.05) is 18.9 Å². The Morgan fingerprint density at radius 1 is 1.64 bits per heavy atom. The molecule has 0 spiro atoms. The van der Waals surface area contributed by atoms with Crippen molar-refractivity contribution in [3.63, 3.8) is 0 Å².